The van der Waals surface area contributed by atoms with Gasteiger partial charge in [0, 0.05) is 53.0 Å². The second-order valence-electron chi connectivity index (χ2n) is 8.96. The number of anilines is 1. The minimum atomic E-state index is -4.69. The fourth-order valence-corrected chi connectivity index (χ4v) is 4.83. The molecule has 0 saturated carbocycles. The lowest BCUT2D eigenvalue weighted by Crippen LogP contribution is -2.54. The fourth-order valence-electron chi connectivity index (χ4n) is 4.83. The molecule has 1 saturated heterocycles. The third-order valence-corrected chi connectivity index (χ3v) is 6.59. The van der Waals surface area contributed by atoms with E-state index in [4.69, 9.17) is 4.74 Å². The number of amides is 1. The summed E-state index contributed by atoms with van der Waals surface area (Å²) in [4.78, 5) is 37.0. The molecular weight excluding hydrogens is 475 g/mol. The Bertz CT molecular complexity index is 1180. The topological polar surface area (TPSA) is 87.7 Å². The van der Waals surface area contributed by atoms with Gasteiger partial charge in [-0.15, -0.1) is 0 Å². The van der Waals surface area contributed by atoms with E-state index in [2.05, 4.69) is 25.1 Å². The van der Waals surface area contributed by atoms with Crippen LogP contribution in [0.15, 0.2) is 36.2 Å². The van der Waals surface area contributed by atoms with Gasteiger partial charge in [-0.3, -0.25) is 19.5 Å². The van der Waals surface area contributed by atoms with E-state index in [1.165, 1.54) is 6.92 Å². The van der Waals surface area contributed by atoms with Crippen molar-refractivity contribution in [3.63, 3.8) is 0 Å². The Hall–Kier alpha value is -3.31. The molecule has 1 amide bonds. The highest BCUT2D eigenvalue weighted by molar-refractivity contribution is 6.07. The number of ether oxygens (including phenoxy) is 1. The van der Waals surface area contributed by atoms with Crippen molar-refractivity contribution in [2.45, 2.75) is 32.1 Å². The number of carbonyl (C=O) groups excluding carboxylic acids is 2. The van der Waals surface area contributed by atoms with E-state index in [-0.39, 0.29) is 29.6 Å². The number of aromatic nitrogens is 2. The number of nitrogens with one attached hydrogen (secondary N) is 1. The molecule has 1 unspecified atom stereocenters. The predicted molar refractivity (Wildman–Crippen MR) is 128 cm³/mol. The number of methoxy groups -OCH3 is 1. The molecule has 2 aromatic heterocycles. The standard InChI is InChI=1S/C25H28F3N5O3/c1-15-22(25(26,27)28)21(34)9-17-8-16(10-31-23(15)17)12-32-6-7-33(13-19(32)14-36-3)18-4-5-20(30-11-18)24(35)29-2/h4-5,8,10-11,19H,6-7,9,12-14H2,1-3H3,(H,29,35). The smallest absolute Gasteiger partial charge is 0.383 e. The van der Waals surface area contributed by atoms with E-state index >= 15 is 0 Å². The van der Waals surface area contributed by atoms with Crippen molar-refractivity contribution in [2.24, 2.45) is 0 Å². The van der Waals surface area contributed by atoms with Crippen molar-refractivity contribution in [2.75, 3.05) is 45.3 Å². The highest BCUT2D eigenvalue weighted by atomic mass is 19.4. The number of rotatable bonds is 6. The summed E-state index contributed by atoms with van der Waals surface area (Å²) in [6, 6.07) is 5.38. The molecule has 2 aromatic rings. The molecule has 1 N–H and O–H groups in total. The van der Waals surface area contributed by atoms with Crippen LogP contribution in [-0.2, 0) is 22.5 Å². The van der Waals surface area contributed by atoms with Crippen LogP contribution in [0.4, 0.5) is 18.9 Å². The maximum Gasteiger partial charge on any atom is 0.420 e. The lowest BCUT2D eigenvalue weighted by Gasteiger charge is -2.42. The van der Waals surface area contributed by atoms with Crippen LogP contribution in [0.1, 0.15) is 34.2 Å². The molecule has 0 aromatic carbocycles. The Morgan fingerprint density at radius 2 is 2.00 bits per heavy atom. The molecule has 36 heavy (non-hydrogen) atoms. The number of piperazine rings is 1. The maximum absolute atomic E-state index is 13.3. The van der Waals surface area contributed by atoms with E-state index in [1.54, 1.807) is 38.7 Å². The van der Waals surface area contributed by atoms with E-state index in [0.717, 1.165) is 17.8 Å². The van der Waals surface area contributed by atoms with Crippen molar-refractivity contribution in [3.05, 3.63) is 58.7 Å². The Balaban J connectivity index is 1.49. The number of fused-ring (bicyclic) bond motifs is 1. The SMILES string of the molecule is CNC(=O)c1ccc(N2CCN(Cc3cnc4c(c3)CC(=O)C(C(F)(F)F)=C4C)C(COC)C2)cn1. The van der Waals surface area contributed by atoms with Gasteiger partial charge in [0.1, 0.15) is 11.3 Å². The quantitative estimate of drug-likeness (QED) is 0.649. The zero-order valence-electron chi connectivity index (χ0n) is 20.4. The molecule has 1 fully saturated rings. The number of nitrogens with zero attached hydrogens (tertiary/aromatic N) is 4. The first-order valence-corrected chi connectivity index (χ1v) is 11.6. The number of pyridine rings is 2. The summed E-state index contributed by atoms with van der Waals surface area (Å²) in [7, 11) is 3.19. The monoisotopic (exact) mass is 503 g/mol. The predicted octanol–water partition coefficient (Wildman–Crippen LogP) is 2.63. The zero-order chi connectivity index (χ0) is 26.0. The van der Waals surface area contributed by atoms with Gasteiger partial charge in [-0.2, -0.15) is 13.2 Å². The Morgan fingerprint density at radius 3 is 2.64 bits per heavy atom. The molecule has 192 valence electrons. The molecule has 0 spiro atoms. The molecule has 0 bridgehead atoms. The summed E-state index contributed by atoms with van der Waals surface area (Å²) >= 11 is 0. The lowest BCUT2D eigenvalue weighted by molar-refractivity contribution is -0.128. The maximum atomic E-state index is 13.3. The van der Waals surface area contributed by atoms with Crippen molar-refractivity contribution in [3.8, 4) is 0 Å². The summed E-state index contributed by atoms with van der Waals surface area (Å²) in [6.45, 7) is 4.40. The van der Waals surface area contributed by atoms with Crippen LogP contribution in [0, 0.1) is 0 Å². The molecule has 1 aliphatic carbocycles. The number of ketones is 1. The largest absolute Gasteiger partial charge is 0.420 e. The normalized spacial score (nSPS) is 18.9. The van der Waals surface area contributed by atoms with Crippen LogP contribution < -0.4 is 10.2 Å². The van der Waals surface area contributed by atoms with E-state index in [1.807, 2.05) is 6.07 Å². The highest BCUT2D eigenvalue weighted by Gasteiger charge is 2.43. The fraction of sp³-hybridized carbons (Fsp3) is 0.440. The van der Waals surface area contributed by atoms with Crippen molar-refractivity contribution < 1.29 is 27.5 Å². The third-order valence-electron chi connectivity index (χ3n) is 6.59. The van der Waals surface area contributed by atoms with Crippen LogP contribution >= 0.6 is 0 Å². The third kappa shape index (κ3) is 5.26. The Morgan fingerprint density at radius 1 is 1.22 bits per heavy atom. The first-order chi connectivity index (χ1) is 17.1. The van der Waals surface area contributed by atoms with Gasteiger partial charge < -0.3 is 15.0 Å². The number of allylic oxidation sites excluding steroid dienone is 2. The molecule has 11 heteroatoms. The number of carbonyl (C=O) groups is 2. The second kappa shape index (κ2) is 10.4. The van der Waals surface area contributed by atoms with Crippen LogP contribution in [-0.4, -0.2) is 79.2 Å². The molecule has 4 rings (SSSR count). The number of hydrogen-bond acceptors (Lipinski definition) is 7. The number of alkyl halides is 3. The van der Waals surface area contributed by atoms with Crippen LogP contribution in [0.25, 0.3) is 5.57 Å². The molecular formula is C25H28F3N5O3. The van der Waals surface area contributed by atoms with E-state index in [9.17, 15) is 22.8 Å². The summed E-state index contributed by atoms with van der Waals surface area (Å²) in [5.41, 5.74) is 1.60. The van der Waals surface area contributed by atoms with Crippen LogP contribution in [0.5, 0.6) is 0 Å². The van der Waals surface area contributed by atoms with Crippen LogP contribution in [0.2, 0.25) is 0 Å². The number of halogens is 3. The molecule has 2 aliphatic rings. The van der Waals surface area contributed by atoms with Gasteiger partial charge in [0.25, 0.3) is 5.91 Å². The van der Waals surface area contributed by atoms with Gasteiger partial charge in [0.05, 0.1) is 30.2 Å². The average Bonchev–Trinajstić information content (AvgIpc) is 2.84. The molecule has 1 aliphatic heterocycles. The van der Waals surface area contributed by atoms with E-state index in [0.29, 0.717) is 37.5 Å². The average molecular weight is 504 g/mol. The molecule has 3 heterocycles. The van der Waals surface area contributed by atoms with Gasteiger partial charge in [0.15, 0.2) is 5.78 Å². The summed E-state index contributed by atoms with van der Waals surface area (Å²) in [5.74, 6) is -1.17. The zero-order valence-corrected chi connectivity index (χ0v) is 20.4. The summed E-state index contributed by atoms with van der Waals surface area (Å²) < 4.78 is 45.4. The Labute approximate surface area is 207 Å². The van der Waals surface area contributed by atoms with Crippen molar-refractivity contribution in [1.82, 2.24) is 20.2 Å². The minimum absolute atomic E-state index is 0.0403. The van der Waals surface area contributed by atoms with Crippen molar-refractivity contribution in [1.29, 1.82) is 0 Å². The first kappa shape index (κ1) is 25.8. The minimum Gasteiger partial charge on any atom is -0.383 e. The first-order valence-electron chi connectivity index (χ1n) is 11.6. The molecule has 0 radical (unpaired) electrons. The highest BCUT2D eigenvalue weighted by Crippen LogP contribution is 2.37. The lowest BCUT2D eigenvalue weighted by atomic mass is 9.88. The second-order valence-corrected chi connectivity index (χ2v) is 8.96. The summed E-state index contributed by atoms with van der Waals surface area (Å²) in [5, 5.41) is 2.55. The summed E-state index contributed by atoms with van der Waals surface area (Å²) in [6.07, 6.45) is -1.73. The number of Topliss-reactive ketones (excluding diaryl/α,β-unsaturated/α-hetero) is 1. The van der Waals surface area contributed by atoms with Gasteiger partial charge >= 0.3 is 6.18 Å². The molecule has 1 atom stereocenters. The van der Waals surface area contributed by atoms with Gasteiger partial charge in [-0.05, 0) is 35.8 Å². The van der Waals surface area contributed by atoms with E-state index < -0.39 is 17.5 Å². The van der Waals surface area contributed by atoms with Gasteiger partial charge in [0.2, 0.25) is 0 Å². The van der Waals surface area contributed by atoms with Gasteiger partial charge in [-0.1, -0.05) is 6.07 Å². The molecule has 8 nitrogen and oxygen atoms in total. The number of hydrogen-bond donors (Lipinski definition) is 1. The van der Waals surface area contributed by atoms with Crippen LogP contribution in [0.3, 0.4) is 0 Å². The Kier molecular flexibility index (Phi) is 7.41. The van der Waals surface area contributed by atoms with Gasteiger partial charge in [-0.25, -0.2) is 4.98 Å². The van der Waals surface area contributed by atoms with Crippen molar-refractivity contribution >= 4 is 23.0 Å².